The van der Waals surface area contributed by atoms with E-state index in [4.69, 9.17) is 9.47 Å². The molecule has 2 heterocycles. The van der Waals surface area contributed by atoms with Gasteiger partial charge in [-0.25, -0.2) is 0 Å². The molecule has 0 radical (unpaired) electrons. The van der Waals surface area contributed by atoms with Crippen molar-refractivity contribution in [3.63, 3.8) is 0 Å². The predicted octanol–water partition coefficient (Wildman–Crippen LogP) is 3.05. The van der Waals surface area contributed by atoms with E-state index in [9.17, 15) is 0 Å². The van der Waals surface area contributed by atoms with Crippen molar-refractivity contribution in [3.8, 4) is 0 Å². The molecule has 2 saturated heterocycles. The van der Waals surface area contributed by atoms with Crippen molar-refractivity contribution in [1.29, 1.82) is 0 Å². The maximum Gasteiger partial charge on any atom is 0.0981 e. The summed E-state index contributed by atoms with van der Waals surface area (Å²) in [5.41, 5.74) is 4.39. The number of anilines is 4. The van der Waals surface area contributed by atoms with Crippen LogP contribution in [-0.4, -0.2) is 38.5 Å². The zero-order valence-electron chi connectivity index (χ0n) is 12.9. The highest BCUT2D eigenvalue weighted by Gasteiger charge is 2.22. The van der Waals surface area contributed by atoms with Crippen LogP contribution >= 0.6 is 0 Å². The largest absolute Gasteiger partial charge is 0.382 e. The molecule has 2 fully saturated rings. The van der Waals surface area contributed by atoms with Gasteiger partial charge in [-0.1, -0.05) is 0 Å². The molecule has 2 aromatic carbocycles. The molecular weight excluding hydrogens is 290 g/mol. The summed E-state index contributed by atoms with van der Waals surface area (Å²) in [6.45, 7) is 3.52. The van der Waals surface area contributed by atoms with Crippen LogP contribution in [0.2, 0.25) is 0 Å². The summed E-state index contributed by atoms with van der Waals surface area (Å²) in [5.74, 6) is 0. The lowest BCUT2D eigenvalue weighted by Crippen LogP contribution is -2.07. The number of epoxide rings is 2. The quantitative estimate of drug-likeness (QED) is 0.654. The smallest absolute Gasteiger partial charge is 0.0981 e. The molecule has 2 aliphatic rings. The molecule has 4 rings (SSSR count). The van der Waals surface area contributed by atoms with E-state index < -0.39 is 0 Å². The van der Waals surface area contributed by atoms with E-state index in [1.54, 1.807) is 0 Å². The number of ether oxygens (including phenoxy) is 2. The lowest BCUT2D eigenvalue weighted by atomic mass is 10.2. The van der Waals surface area contributed by atoms with Crippen molar-refractivity contribution < 1.29 is 9.47 Å². The molecule has 0 aliphatic carbocycles. The molecule has 5 nitrogen and oxygen atoms in total. The highest BCUT2D eigenvalue weighted by Crippen LogP contribution is 2.21. The lowest BCUT2D eigenvalue weighted by molar-refractivity contribution is 0.416. The topological polar surface area (TPSA) is 61.1 Å². The molecule has 0 bridgehead atoms. The molecule has 5 heteroatoms. The van der Waals surface area contributed by atoms with Gasteiger partial charge in [0.1, 0.15) is 0 Å². The van der Waals surface area contributed by atoms with E-state index in [2.05, 4.69) is 64.5 Å². The minimum atomic E-state index is 0.395. The van der Waals surface area contributed by atoms with E-state index >= 15 is 0 Å². The second-order valence-electron chi connectivity index (χ2n) is 5.95. The number of hydrogen-bond donors (Lipinski definition) is 3. The zero-order chi connectivity index (χ0) is 15.5. The van der Waals surface area contributed by atoms with Gasteiger partial charge in [-0.05, 0) is 48.5 Å². The summed E-state index contributed by atoms with van der Waals surface area (Å²) in [6.07, 6.45) is 0.790. The van der Waals surface area contributed by atoms with Crippen LogP contribution in [0.3, 0.4) is 0 Å². The molecule has 0 aromatic heterocycles. The summed E-state index contributed by atoms with van der Waals surface area (Å²) in [4.78, 5) is 0. The van der Waals surface area contributed by atoms with E-state index in [-0.39, 0.29) is 0 Å². The van der Waals surface area contributed by atoms with Gasteiger partial charge in [0.2, 0.25) is 0 Å². The Labute approximate surface area is 136 Å². The Bertz CT molecular complexity index is 577. The van der Waals surface area contributed by atoms with E-state index in [0.29, 0.717) is 12.2 Å². The van der Waals surface area contributed by atoms with Crippen LogP contribution in [-0.2, 0) is 9.47 Å². The number of nitrogens with one attached hydrogen (secondary N) is 3. The third kappa shape index (κ3) is 4.37. The molecule has 0 spiro atoms. The number of hydrogen-bond acceptors (Lipinski definition) is 5. The van der Waals surface area contributed by atoms with Gasteiger partial charge in [0, 0.05) is 35.8 Å². The first-order chi connectivity index (χ1) is 11.3. The van der Waals surface area contributed by atoms with Crippen molar-refractivity contribution in [3.05, 3.63) is 48.5 Å². The third-order valence-corrected chi connectivity index (χ3v) is 3.93. The maximum atomic E-state index is 5.19. The average Bonchev–Trinajstić information content (AvgIpc) is 3.48. The molecule has 3 N–H and O–H groups in total. The van der Waals surface area contributed by atoms with Gasteiger partial charge < -0.3 is 25.4 Å². The Balaban J connectivity index is 1.29. The minimum absolute atomic E-state index is 0.395. The van der Waals surface area contributed by atoms with Crippen LogP contribution in [0, 0.1) is 0 Å². The summed E-state index contributed by atoms with van der Waals surface area (Å²) < 4.78 is 10.4. The van der Waals surface area contributed by atoms with Crippen LogP contribution in [0.4, 0.5) is 22.7 Å². The van der Waals surface area contributed by atoms with Crippen molar-refractivity contribution in [2.75, 3.05) is 42.3 Å². The fraction of sp³-hybridized carbons (Fsp3) is 0.333. The normalized spacial score (nSPS) is 21.6. The molecule has 2 aromatic rings. The standard InChI is InChI=1S/C18H21N3O2/c1-5-15(6-2-13(1)19-9-17-11-22-17)21-16-7-3-14(4-8-16)20-10-18-12-23-18/h1-8,17-21H,9-12H2. The predicted molar refractivity (Wildman–Crippen MR) is 92.6 cm³/mol. The van der Waals surface area contributed by atoms with Crippen LogP contribution in [0.25, 0.3) is 0 Å². The van der Waals surface area contributed by atoms with Gasteiger partial charge in [-0.15, -0.1) is 0 Å². The lowest BCUT2D eigenvalue weighted by Gasteiger charge is -2.10. The van der Waals surface area contributed by atoms with Crippen LogP contribution in [0.1, 0.15) is 0 Å². The minimum Gasteiger partial charge on any atom is -0.382 e. The van der Waals surface area contributed by atoms with Crippen LogP contribution in [0.5, 0.6) is 0 Å². The van der Waals surface area contributed by atoms with Gasteiger partial charge in [0.25, 0.3) is 0 Å². The Morgan fingerprint density at radius 1 is 0.652 bits per heavy atom. The molecule has 2 aliphatic heterocycles. The van der Waals surface area contributed by atoms with Crippen molar-refractivity contribution in [2.45, 2.75) is 12.2 Å². The Hall–Kier alpha value is -2.24. The molecule has 2 unspecified atom stereocenters. The van der Waals surface area contributed by atoms with Gasteiger partial charge in [-0.2, -0.15) is 0 Å². The molecular formula is C18H21N3O2. The first kappa shape index (κ1) is 14.4. The molecule has 23 heavy (non-hydrogen) atoms. The molecule has 120 valence electrons. The van der Waals surface area contributed by atoms with Crippen LogP contribution < -0.4 is 16.0 Å². The second kappa shape index (κ2) is 6.48. The fourth-order valence-corrected chi connectivity index (χ4v) is 2.34. The first-order valence-electron chi connectivity index (χ1n) is 8.03. The van der Waals surface area contributed by atoms with Gasteiger partial charge in [0.15, 0.2) is 0 Å². The highest BCUT2D eigenvalue weighted by molar-refractivity contribution is 5.64. The van der Waals surface area contributed by atoms with Crippen molar-refractivity contribution in [2.24, 2.45) is 0 Å². The Kier molecular flexibility index (Phi) is 4.05. The highest BCUT2D eigenvalue weighted by atomic mass is 16.6. The third-order valence-electron chi connectivity index (χ3n) is 3.93. The summed E-state index contributed by atoms with van der Waals surface area (Å²) >= 11 is 0. The first-order valence-corrected chi connectivity index (χ1v) is 8.03. The van der Waals surface area contributed by atoms with Gasteiger partial charge in [0.05, 0.1) is 25.4 Å². The Morgan fingerprint density at radius 3 is 1.35 bits per heavy atom. The average molecular weight is 311 g/mol. The van der Waals surface area contributed by atoms with Crippen molar-refractivity contribution >= 4 is 22.7 Å². The second-order valence-corrected chi connectivity index (χ2v) is 5.95. The maximum absolute atomic E-state index is 5.19. The van der Waals surface area contributed by atoms with Gasteiger partial charge >= 0.3 is 0 Å². The fourth-order valence-electron chi connectivity index (χ4n) is 2.34. The van der Waals surface area contributed by atoms with E-state index in [0.717, 1.165) is 49.1 Å². The number of rotatable bonds is 8. The zero-order valence-corrected chi connectivity index (χ0v) is 12.9. The van der Waals surface area contributed by atoms with E-state index in [1.165, 1.54) is 0 Å². The SMILES string of the molecule is c1cc(Nc2ccc(NCC3CO3)cc2)ccc1NCC1CO1. The number of benzene rings is 2. The summed E-state index contributed by atoms with van der Waals surface area (Å²) in [6, 6.07) is 16.6. The van der Waals surface area contributed by atoms with Crippen LogP contribution in [0.15, 0.2) is 48.5 Å². The molecule has 0 amide bonds. The summed E-state index contributed by atoms with van der Waals surface area (Å²) in [5, 5.41) is 10.1. The Morgan fingerprint density at radius 2 is 1.00 bits per heavy atom. The van der Waals surface area contributed by atoms with E-state index in [1.807, 2.05) is 0 Å². The van der Waals surface area contributed by atoms with Gasteiger partial charge in [-0.3, -0.25) is 0 Å². The monoisotopic (exact) mass is 311 g/mol. The summed E-state index contributed by atoms with van der Waals surface area (Å²) in [7, 11) is 0. The molecule has 2 atom stereocenters. The molecule has 0 saturated carbocycles. The van der Waals surface area contributed by atoms with Crippen molar-refractivity contribution in [1.82, 2.24) is 0 Å².